The lowest BCUT2D eigenvalue weighted by atomic mass is 10.00. The number of likely N-dealkylation sites (tertiary alicyclic amines) is 1. The maximum Gasteiger partial charge on any atom is 0.243 e. The van der Waals surface area contributed by atoms with Crippen LogP contribution in [0.25, 0.3) is 5.69 Å². The number of para-hydroxylation sites is 1. The van der Waals surface area contributed by atoms with Gasteiger partial charge in [0.2, 0.25) is 23.6 Å². The summed E-state index contributed by atoms with van der Waals surface area (Å²) in [5.41, 5.74) is 4.68. The average molecular weight is 652 g/mol. The van der Waals surface area contributed by atoms with Crippen LogP contribution in [0.1, 0.15) is 54.5 Å². The summed E-state index contributed by atoms with van der Waals surface area (Å²) in [7, 11) is 0. The molecule has 1 saturated heterocycles. The molecule has 2 aromatic carbocycles. The highest BCUT2D eigenvalue weighted by Gasteiger charge is 2.43. The molecular weight excluding hydrogens is 610 g/mol. The lowest BCUT2D eigenvalue weighted by Crippen LogP contribution is -2.58. The Kier molecular flexibility index (Phi) is 9.37. The molecule has 4 amide bonds. The van der Waals surface area contributed by atoms with Crippen LogP contribution in [0, 0.1) is 19.8 Å². The van der Waals surface area contributed by atoms with E-state index in [4.69, 9.17) is 5.10 Å². The van der Waals surface area contributed by atoms with E-state index in [1.54, 1.807) is 15.8 Å². The number of aryl methyl sites for hydroxylation is 1. The first-order chi connectivity index (χ1) is 23.1. The number of nitrogens with zero attached hydrogens (tertiary/aromatic N) is 6. The van der Waals surface area contributed by atoms with Gasteiger partial charge in [-0.05, 0) is 37.5 Å². The number of benzene rings is 2. The third kappa shape index (κ3) is 6.85. The van der Waals surface area contributed by atoms with Crippen LogP contribution in [0.3, 0.4) is 0 Å². The molecule has 13 nitrogen and oxygen atoms in total. The molecule has 0 aliphatic carbocycles. The molecule has 4 heterocycles. The van der Waals surface area contributed by atoms with E-state index < -0.39 is 29.9 Å². The molecule has 4 atom stereocenters. The van der Waals surface area contributed by atoms with Crippen molar-refractivity contribution >= 4 is 23.6 Å². The van der Waals surface area contributed by atoms with Crippen molar-refractivity contribution in [3.05, 3.63) is 95.1 Å². The smallest absolute Gasteiger partial charge is 0.243 e. The van der Waals surface area contributed by atoms with Crippen LogP contribution >= 0.6 is 0 Å². The summed E-state index contributed by atoms with van der Waals surface area (Å²) in [6, 6.07) is 16.1. The number of carbonyl (C=O) groups is 4. The van der Waals surface area contributed by atoms with E-state index in [0.717, 1.165) is 28.2 Å². The Morgan fingerprint density at radius 3 is 2.35 bits per heavy atom. The van der Waals surface area contributed by atoms with Crippen molar-refractivity contribution in [3.8, 4) is 5.69 Å². The zero-order valence-electron chi connectivity index (χ0n) is 27.6. The maximum atomic E-state index is 14.1. The lowest BCUT2D eigenvalue weighted by Gasteiger charge is -2.29. The van der Waals surface area contributed by atoms with Crippen molar-refractivity contribution in [2.45, 2.75) is 77.7 Å². The van der Waals surface area contributed by atoms with E-state index in [9.17, 15) is 19.2 Å². The summed E-state index contributed by atoms with van der Waals surface area (Å²) in [6.45, 7) is 7.81. The van der Waals surface area contributed by atoms with Gasteiger partial charge in [-0.25, -0.2) is 9.36 Å². The van der Waals surface area contributed by atoms with E-state index in [0.29, 0.717) is 5.69 Å². The van der Waals surface area contributed by atoms with Gasteiger partial charge in [-0.2, -0.15) is 5.10 Å². The van der Waals surface area contributed by atoms with Crippen molar-refractivity contribution in [1.82, 2.24) is 45.6 Å². The third-order valence-corrected chi connectivity index (χ3v) is 9.21. The van der Waals surface area contributed by atoms with Crippen LogP contribution in [-0.4, -0.2) is 78.0 Å². The number of fused-ring (bicyclic) bond motifs is 5. The van der Waals surface area contributed by atoms with Crippen LogP contribution in [0.4, 0.5) is 0 Å². The van der Waals surface area contributed by atoms with E-state index in [2.05, 4.69) is 26.3 Å². The predicted molar refractivity (Wildman–Crippen MR) is 177 cm³/mol. The van der Waals surface area contributed by atoms with E-state index in [1.807, 2.05) is 93.0 Å². The first kappa shape index (κ1) is 32.6. The summed E-state index contributed by atoms with van der Waals surface area (Å²) < 4.78 is 3.48. The first-order valence-corrected chi connectivity index (χ1v) is 16.3. The van der Waals surface area contributed by atoms with Gasteiger partial charge in [0, 0.05) is 30.6 Å². The molecule has 2 aliphatic heterocycles. The van der Waals surface area contributed by atoms with Crippen molar-refractivity contribution < 1.29 is 19.2 Å². The second-order valence-corrected chi connectivity index (χ2v) is 12.9. The normalized spacial score (nSPS) is 21.7. The molecule has 1 fully saturated rings. The highest BCUT2D eigenvalue weighted by Crippen LogP contribution is 2.29. The number of hydrogen-bond acceptors (Lipinski definition) is 7. The van der Waals surface area contributed by atoms with Gasteiger partial charge < -0.3 is 20.9 Å². The summed E-state index contributed by atoms with van der Waals surface area (Å²) >= 11 is 0. The first-order valence-electron chi connectivity index (χ1n) is 16.3. The second-order valence-electron chi connectivity index (χ2n) is 12.9. The monoisotopic (exact) mass is 651 g/mol. The quantitative estimate of drug-likeness (QED) is 0.288. The Balaban J connectivity index is 1.29. The van der Waals surface area contributed by atoms with Crippen molar-refractivity contribution in [2.24, 2.45) is 5.92 Å². The summed E-state index contributed by atoms with van der Waals surface area (Å²) in [6.07, 6.45) is 2.34. The molecule has 0 spiro atoms. The molecule has 2 aliphatic rings. The Bertz CT molecular complexity index is 1800. The molecule has 4 aromatic rings. The molecular formula is C35H41N9O4. The summed E-state index contributed by atoms with van der Waals surface area (Å²) in [5, 5.41) is 21.9. The number of aromatic nitrogens is 5. The zero-order chi connectivity index (χ0) is 33.9. The molecule has 0 radical (unpaired) electrons. The molecule has 6 rings (SSSR count). The fourth-order valence-corrected chi connectivity index (χ4v) is 6.51. The molecule has 0 saturated carbocycles. The van der Waals surface area contributed by atoms with Crippen molar-refractivity contribution in [3.63, 3.8) is 0 Å². The Morgan fingerprint density at radius 1 is 0.938 bits per heavy atom. The number of hydrogen-bond donors (Lipinski definition) is 3. The van der Waals surface area contributed by atoms with Gasteiger partial charge in [-0.3, -0.25) is 19.2 Å². The second kappa shape index (κ2) is 13.8. The number of carbonyl (C=O) groups excluding carboxylic acids is 4. The van der Waals surface area contributed by atoms with E-state index in [1.165, 1.54) is 0 Å². The Hall–Kier alpha value is -5.33. The molecule has 250 valence electrons. The lowest BCUT2D eigenvalue weighted by molar-refractivity contribution is -0.139. The minimum Gasteiger partial charge on any atom is -0.349 e. The van der Waals surface area contributed by atoms with Gasteiger partial charge in [0.05, 0.1) is 36.6 Å². The largest absolute Gasteiger partial charge is 0.349 e. The summed E-state index contributed by atoms with van der Waals surface area (Å²) in [4.78, 5) is 56.8. The standard InChI is InChI=1S/C35H41N9O4/c1-21(2)32-35(48)37-29(15-24-11-7-5-8-12-24)33(46)36-18-25-19-43(41-39-25)27-16-30(34(47)38-32)42(20-27)31(45)17-28-22(3)40-44(23(28)4)26-13-9-6-10-14-26/h5-14,19,21,27,29-30,32H,15-18,20H2,1-4H3,(H,36,46)(H,37,48)(H,38,47)/t27-,29+,30-,32-/m0/s1. The van der Waals surface area contributed by atoms with Crippen molar-refractivity contribution in [1.29, 1.82) is 0 Å². The number of amides is 4. The van der Waals surface area contributed by atoms with E-state index >= 15 is 0 Å². The van der Waals surface area contributed by atoms with E-state index in [-0.39, 0.29) is 56.1 Å². The van der Waals surface area contributed by atoms with Crippen molar-refractivity contribution in [2.75, 3.05) is 6.54 Å². The van der Waals surface area contributed by atoms with Crippen LogP contribution < -0.4 is 16.0 Å². The Morgan fingerprint density at radius 2 is 1.65 bits per heavy atom. The van der Waals surface area contributed by atoms with Gasteiger partial charge in [0.15, 0.2) is 0 Å². The fraction of sp³-hybridized carbons (Fsp3) is 0.400. The molecule has 48 heavy (non-hydrogen) atoms. The molecule has 13 heteroatoms. The highest BCUT2D eigenvalue weighted by atomic mass is 16.2. The Labute approximate surface area is 279 Å². The van der Waals surface area contributed by atoms with Gasteiger partial charge in [-0.1, -0.05) is 67.6 Å². The number of rotatable bonds is 6. The molecule has 0 unspecified atom stereocenters. The third-order valence-electron chi connectivity index (χ3n) is 9.21. The van der Waals surface area contributed by atoms with Crippen LogP contribution in [0.5, 0.6) is 0 Å². The predicted octanol–water partition coefficient (Wildman–Crippen LogP) is 1.96. The van der Waals surface area contributed by atoms with Gasteiger partial charge in [0.25, 0.3) is 0 Å². The zero-order valence-corrected chi connectivity index (χ0v) is 27.6. The minimum absolute atomic E-state index is 0.0604. The molecule has 2 aromatic heterocycles. The fourth-order valence-electron chi connectivity index (χ4n) is 6.51. The van der Waals surface area contributed by atoms with Crippen LogP contribution in [0.15, 0.2) is 66.9 Å². The topological polar surface area (TPSA) is 156 Å². The maximum absolute atomic E-state index is 14.1. The van der Waals surface area contributed by atoms with Gasteiger partial charge in [-0.15, -0.1) is 5.10 Å². The highest BCUT2D eigenvalue weighted by molar-refractivity contribution is 5.95. The van der Waals surface area contributed by atoms with Crippen LogP contribution in [-0.2, 0) is 38.6 Å². The SMILES string of the molecule is Cc1nn(-c2ccccc2)c(C)c1CC(=O)N1C[C@@H]2C[C@H]1C(=O)N[C@@H](C(C)C)C(=O)N[C@H](Cc1ccccc1)C(=O)NCc1cn2nn1. The molecule has 3 N–H and O–H groups in total. The summed E-state index contributed by atoms with van der Waals surface area (Å²) in [5.74, 6) is -1.80. The van der Waals surface area contributed by atoms with Gasteiger partial charge in [0.1, 0.15) is 23.8 Å². The number of nitrogens with one attached hydrogen (secondary N) is 3. The minimum atomic E-state index is -0.935. The average Bonchev–Trinajstić information content (AvgIpc) is 3.81. The van der Waals surface area contributed by atoms with Crippen LogP contribution in [0.2, 0.25) is 0 Å². The molecule has 4 bridgehead atoms. The van der Waals surface area contributed by atoms with Gasteiger partial charge >= 0.3 is 0 Å².